The summed E-state index contributed by atoms with van der Waals surface area (Å²) in [7, 11) is 0. The lowest BCUT2D eigenvalue weighted by molar-refractivity contribution is -0.117. The van der Waals surface area contributed by atoms with Crippen molar-refractivity contribution < 1.29 is 4.79 Å². The van der Waals surface area contributed by atoms with Gasteiger partial charge in [0.2, 0.25) is 5.91 Å². The molecule has 2 N–H and O–H groups in total. The number of nitrogens with one attached hydrogen (secondary N) is 2. The Labute approximate surface area is 150 Å². The fourth-order valence-corrected chi connectivity index (χ4v) is 2.81. The quantitative estimate of drug-likeness (QED) is 0.746. The smallest absolute Gasteiger partial charge is 0.241 e. The second-order valence-corrected chi connectivity index (χ2v) is 6.56. The van der Waals surface area contributed by atoms with Crippen LogP contribution in [-0.4, -0.2) is 11.9 Å². The largest absolute Gasteiger partial charge is 0.323 e. The summed E-state index contributed by atoms with van der Waals surface area (Å²) in [5.74, 6) is -0.178. The first-order valence-electron chi connectivity index (χ1n) is 7.14. The number of anilines is 1. The van der Waals surface area contributed by atoms with Crippen LogP contribution in [0.5, 0.6) is 0 Å². The molecular weight excluding hydrogens is 355 g/mol. The Morgan fingerprint density at radius 1 is 1.00 bits per heavy atom. The van der Waals surface area contributed by atoms with Crippen molar-refractivity contribution in [1.82, 2.24) is 5.32 Å². The van der Waals surface area contributed by atoms with Gasteiger partial charge in [-0.3, -0.25) is 10.1 Å². The summed E-state index contributed by atoms with van der Waals surface area (Å²) in [6.07, 6.45) is 0. The first kappa shape index (κ1) is 18.1. The number of amides is 1. The molecule has 0 saturated carbocycles. The first-order valence-corrected chi connectivity index (χ1v) is 8.27. The number of carbonyl (C=O) groups excluding carboxylic acids is 1. The lowest BCUT2D eigenvalue weighted by Crippen LogP contribution is -2.39. The molecule has 2 rings (SSSR count). The number of halogens is 3. The van der Waals surface area contributed by atoms with Crippen molar-refractivity contribution in [3.8, 4) is 0 Å². The molecule has 0 aliphatic carbocycles. The molecule has 0 saturated heterocycles. The van der Waals surface area contributed by atoms with Crippen molar-refractivity contribution >= 4 is 46.4 Å². The van der Waals surface area contributed by atoms with E-state index in [1.165, 1.54) is 0 Å². The van der Waals surface area contributed by atoms with Gasteiger partial charge in [0.1, 0.15) is 0 Å². The van der Waals surface area contributed by atoms with Crippen LogP contribution in [0, 0.1) is 0 Å². The number of rotatable bonds is 5. The van der Waals surface area contributed by atoms with Crippen LogP contribution in [0.15, 0.2) is 42.5 Å². The van der Waals surface area contributed by atoms with E-state index in [1.807, 2.05) is 31.2 Å². The minimum absolute atomic E-state index is 0.0184. The van der Waals surface area contributed by atoms with E-state index in [4.69, 9.17) is 34.8 Å². The maximum Gasteiger partial charge on any atom is 0.241 e. The van der Waals surface area contributed by atoms with Crippen LogP contribution in [0.25, 0.3) is 0 Å². The maximum atomic E-state index is 12.3. The molecule has 0 aliphatic rings. The minimum Gasteiger partial charge on any atom is -0.323 e. The third kappa shape index (κ3) is 5.11. The molecule has 23 heavy (non-hydrogen) atoms. The lowest BCUT2D eigenvalue weighted by Gasteiger charge is -2.20. The predicted octanol–water partition coefficient (Wildman–Crippen LogP) is 5.32. The number of hydrogen-bond donors (Lipinski definition) is 2. The molecule has 1 amide bonds. The Bertz CT molecular complexity index is 706. The summed E-state index contributed by atoms with van der Waals surface area (Å²) in [6, 6.07) is 12.1. The van der Waals surface area contributed by atoms with Gasteiger partial charge in [-0.1, -0.05) is 46.9 Å². The fourth-order valence-electron chi connectivity index (χ4n) is 2.15. The summed E-state index contributed by atoms with van der Waals surface area (Å²) < 4.78 is 0. The number of carbonyl (C=O) groups is 1. The number of hydrogen-bond acceptors (Lipinski definition) is 2. The molecule has 0 fully saturated rings. The molecule has 2 atom stereocenters. The van der Waals surface area contributed by atoms with Crippen molar-refractivity contribution in [3.05, 3.63) is 63.1 Å². The highest BCUT2D eigenvalue weighted by molar-refractivity contribution is 6.36. The third-order valence-electron chi connectivity index (χ3n) is 3.43. The van der Waals surface area contributed by atoms with Gasteiger partial charge in [0.05, 0.1) is 16.8 Å². The first-order chi connectivity index (χ1) is 10.9. The van der Waals surface area contributed by atoms with Gasteiger partial charge in [0.15, 0.2) is 0 Å². The van der Waals surface area contributed by atoms with Crippen LogP contribution in [-0.2, 0) is 4.79 Å². The van der Waals surface area contributed by atoms with Gasteiger partial charge in [-0.2, -0.15) is 0 Å². The Hall–Kier alpha value is -1.26. The second-order valence-electron chi connectivity index (χ2n) is 5.28. The highest BCUT2D eigenvalue weighted by Crippen LogP contribution is 2.25. The van der Waals surface area contributed by atoms with Gasteiger partial charge in [-0.25, -0.2) is 0 Å². The molecule has 2 aromatic rings. The number of benzene rings is 2. The van der Waals surface area contributed by atoms with Crippen LogP contribution in [0.1, 0.15) is 25.5 Å². The van der Waals surface area contributed by atoms with E-state index < -0.39 is 6.04 Å². The molecule has 0 aliphatic heterocycles. The molecule has 0 unspecified atom stereocenters. The zero-order chi connectivity index (χ0) is 17.0. The minimum atomic E-state index is -0.407. The van der Waals surface area contributed by atoms with E-state index in [-0.39, 0.29) is 11.9 Å². The van der Waals surface area contributed by atoms with Gasteiger partial charge in [-0.15, -0.1) is 0 Å². The summed E-state index contributed by atoms with van der Waals surface area (Å²) in [6.45, 7) is 3.77. The van der Waals surface area contributed by atoms with Crippen molar-refractivity contribution in [2.24, 2.45) is 0 Å². The lowest BCUT2D eigenvalue weighted by atomic mass is 10.1. The van der Waals surface area contributed by atoms with E-state index in [2.05, 4.69) is 10.6 Å². The molecule has 0 aromatic heterocycles. The molecule has 0 spiro atoms. The van der Waals surface area contributed by atoms with Gasteiger partial charge in [-0.05, 0) is 49.7 Å². The molecule has 2 aromatic carbocycles. The Morgan fingerprint density at radius 3 is 2.35 bits per heavy atom. The summed E-state index contributed by atoms with van der Waals surface area (Å²) in [5.41, 5.74) is 1.55. The summed E-state index contributed by atoms with van der Waals surface area (Å²) in [5, 5.41) is 7.62. The fraction of sp³-hybridized carbons (Fsp3) is 0.235. The molecule has 6 heteroatoms. The normalized spacial score (nSPS) is 13.4. The highest BCUT2D eigenvalue weighted by Gasteiger charge is 2.17. The van der Waals surface area contributed by atoms with Crippen LogP contribution < -0.4 is 10.6 Å². The van der Waals surface area contributed by atoms with Crippen molar-refractivity contribution in [3.63, 3.8) is 0 Å². The standard InChI is InChI=1S/C17H17Cl3N2O/c1-10(12-4-3-5-13(18)8-12)21-11(2)17(23)22-16-7-6-14(19)9-15(16)20/h3-11,21H,1-2H3,(H,22,23)/t10-,11+/m0/s1. The Balaban J connectivity index is 1.99. The van der Waals surface area contributed by atoms with Crippen molar-refractivity contribution in [2.45, 2.75) is 25.9 Å². The molecule has 3 nitrogen and oxygen atoms in total. The van der Waals surface area contributed by atoms with Gasteiger partial charge >= 0.3 is 0 Å². The highest BCUT2D eigenvalue weighted by atomic mass is 35.5. The summed E-state index contributed by atoms with van der Waals surface area (Å²) >= 11 is 17.9. The summed E-state index contributed by atoms with van der Waals surface area (Å²) in [4.78, 5) is 12.3. The van der Waals surface area contributed by atoms with Crippen LogP contribution in [0.4, 0.5) is 5.69 Å². The monoisotopic (exact) mass is 370 g/mol. The van der Waals surface area contributed by atoms with Gasteiger partial charge in [0.25, 0.3) is 0 Å². The average Bonchev–Trinajstić information content (AvgIpc) is 2.49. The molecule has 0 bridgehead atoms. The van der Waals surface area contributed by atoms with Crippen LogP contribution in [0.2, 0.25) is 15.1 Å². The van der Waals surface area contributed by atoms with Crippen molar-refractivity contribution in [1.29, 1.82) is 0 Å². The second kappa shape index (κ2) is 8.02. The van der Waals surface area contributed by atoms with Gasteiger partial charge in [0, 0.05) is 16.1 Å². The molecular formula is C17H17Cl3N2O. The average molecular weight is 372 g/mol. The third-order valence-corrected chi connectivity index (χ3v) is 4.21. The van der Waals surface area contributed by atoms with E-state index >= 15 is 0 Å². The van der Waals surface area contributed by atoms with E-state index in [1.54, 1.807) is 25.1 Å². The van der Waals surface area contributed by atoms with E-state index in [9.17, 15) is 4.79 Å². The van der Waals surface area contributed by atoms with Crippen molar-refractivity contribution in [2.75, 3.05) is 5.32 Å². The van der Waals surface area contributed by atoms with Gasteiger partial charge < -0.3 is 5.32 Å². The Morgan fingerprint density at radius 2 is 1.70 bits per heavy atom. The molecule has 0 heterocycles. The zero-order valence-electron chi connectivity index (χ0n) is 12.7. The van der Waals surface area contributed by atoms with E-state index in [0.717, 1.165) is 5.56 Å². The van der Waals surface area contributed by atoms with Crippen LogP contribution >= 0.6 is 34.8 Å². The molecule has 122 valence electrons. The molecule has 0 radical (unpaired) electrons. The SMILES string of the molecule is C[C@H](N[C@H](C)C(=O)Nc1ccc(Cl)cc1Cl)c1cccc(Cl)c1. The van der Waals surface area contributed by atoms with Crippen LogP contribution in [0.3, 0.4) is 0 Å². The van der Waals surface area contributed by atoms with E-state index in [0.29, 0.717) is 20.8 Å². The zero-order valence-corrected chi connectivity index (χ0v) is 15.0. The topological polar surface area (TPSA) is 41.1 Å². The Kier molecular flexibility index (Phi) is 6.31. The predicted molar refractivity (Wildman–Crippen MR) is 97.6 cm³/mol. The maximum absolute atomic E-state index is 12.3.